The zero-order valence-electron chi connectivity index (χ0n) is 14.5. The van der Waals surface area contributed by atoms with Crippen molar-refractivity contribution >= 4 is 21.9 Å². The number of aromatic carboxylic acids is 1. The summed E-state index contributed by atoms with van der Waals surface area (Å²) in [6, 6.07) is 6.38. The molecule has 1 saturated heterocycles. The topological polar surface area (TPSA) is 95.0 Å². The quantitative estimate of drug-likeness (QED) is 0.819. The van der Waals surface area contributed by atoms with Gasteiger partial charge in [0.15, 0.2) is 0 Å². The minimum atomic E-state index is -3.28. The SMILES string of the molecule is CCS(=O)(=O)N1CCCC(C(=O)N(C)Cc2ccc(C(=O)O)cc2)C1. The lowest BCUT2D eigenvalue weighted by atomic mass is 9.98. The fourth-order valence-corrected chi connectivity index (χ4v) is 4.17. The maximum Gasteiger partial charge on any atom is 0.335 e. The Bertz CT molecular complexity index is 730. The molecule has 25 heavy (non-hydrogen) atoms. The summed E-state index contributed by atoms with van der Waals surface area (Å²) in [5.41, 5.74) is 1.03. The summed E-state index contributed by atoms with van der Waals surface area (Å²) in [5.74, 6) is -1.37. The van der Waals surface area contributed by atoms with E-state index in [1.807, 2.05) is 0 Å². The zero-order valence-corrected chi connectivity index (χ0v) is 15.3. The van der Waals surface area contributed by atoms with Crippen LogP contribution in [0.3, 0.4) is 0 Å². The van der Waals surface area contributed by atoms with Crippen molar-refractivity contribution < 1.29 is 23.1 Å². The third kappa shape index (κ3) is 4.79. The molecule has 1 amide bonds. The van der Waals surface area contributed by atoms with E-state index in [-0.39, 0.29) is 29.7 Å². The third-order valence-corrected chi connectivity index (χ3v) is 6.34. The molecule has 0 radical (unpaired) electrons. The van der Waals surface area contributed by atoms with Gasteiger partial charge in [0.25, 0.3) is 0 Å². The van der Waals surface area contributed by atoms with E-state index < -0.39 is 16.0 Å². The van der Waals surface area contributed by atoms with Gasteiger partial charge < -0.3 is 10.0 Å². The molecule has 0 aliphatic carbocycles. The van der Waals surface area contributed by atoms with Crippen LogP contribution in [-0.2, 0) is 21.4 Å². The van der Waals surface area contributed by atoms with Crippen molar-refractivity contribution in [1.29, 1.82) is 0 Å². The molecule has 1 heterocycles. The van der Waals surface area contributed by atoms with Gasteiger partial charge in [0.05, 0.1) is 17.2 Å². The van der Waals surface area contributed by atoms with E-state index in [4.69, 9.17) is 5.11 Å². The maximum atomic E-state index is 12.6. The van der Waals surface area contributed by atoms with Crippen LogP contribution in [0, 0.1) is 5.92 Å². The normalized spacial score (nSPS) is 18.7. The summed E-state index contributed by atoms with van der Waals surface area (Å²) in [5, 5.41) is 8.91. The fraction of sp³-hybridized carbons (Fsp3) is 0.529. The minimum absolute atomic E-state index is 0.0413. The number of benzene rings is 1. The molecular formula is C17H24N2O5S. The lowest BCUT2D eigenvalue weighted by Gasteiger charge is -2.33. The number of carbonyl (C=O) groups excluding carboxylic acids is 1. The largest absolute Gasteiger partial charge is 0.478 e. The van der Waals surface area contributed by atoms with E-state index in [0.717, 1.165) is 5.56 Å². The van der Waals surface area contributed by atoms with E-state index in [1.54, 1.807) is 31.0 Å². The van der Waals surface area contributed by atoms with Crippen molar-refractivity contribution in [1.82, 2.24) is 9.21 Å². The lowest BCUT2D eigenvalue weighted by molar-refractivity contribution is -0.135. The summed E-state index contributed by atoms with van der Waals surface area (Å²) in [6.07, 6.45) is 1.35. The van der Waals surface area contributed by atoms with Crippen LogP contribution in [-0.4, -0.2) is 60.5 Å². The van der Waals surface area contributed by atoms with Crippen LogP contribution in [0.25, 0.3) is 0 Å². The Labute approximate surface area is 148 Å². The number of sulfonamides is 1. The highest BCUT2D eigenvalue weighted by Gasteiger charge is 2.32. The first kappa shape index (κ1) is 19.4. The predicted octanol–water partition coefficient (Wildman–Crippen LogP) is 1.40. The predicted molar refractivity (Wildman–Crippen MR) is 93.6 cm³/mol. The summed E-state index contributed by atoms with van der Waals surface area (Å²) in [6.45, 7) is 2.67. The summed E-state index contributed by atoms with van der Waals surface area (Å²) >= 11 is 0. The minimum Gasteiger partial charge on any atom is -0.478 e. The molecule has 1 aliphatic heterocycles. The molecule has 0 spiro atoms. The molecule has 0 aromatic heterocycles. The van der Waals surface area contributed by atoms with E-state index >= 15 is 0 Å². The van der Waals surface area contributed by atoms with Crippen molar-refractivity contribution in [2.24, 2.45) is 5.92 Å². The van der Waals surface area contributed by atoms with Crippen molar-refractivity contribution in [3.8, 4) is 0 Å². The van der Waals surface area contributed by atoms with Gasteiger partial charge in [0.1, 0.15) is 0 Å². The second-order valence-electron chi connectivity index (χ2n) is 6.29. The molecule has 1 unspecified atom stereocenters. The van der Waals surface area contributed by atoms with Gasteiger partial charge in [-0.3, -0.25) is 4.79 Å². The van der Waals surface area contributed by atoms with Crippen LogP contribution >= 0.6 is 0 Å². The number of hydrogen-bond acceptors (Lipinski definition) is 4. The third-order valence-electron chi connectivity index (χ3n) is 4.49. The summed E-state index contributed by atoms with van der Waals surface area (Å²) < 4.78 is 25.5. The van der Waals surface area contributed by atoms with Crippen LogP contribution in [0.4, 0.5) is 0 Å². The van der Waals surface area contributed by atoms with Gasteiger partial charge in [0.2, 0.25) is 15.9 Å². The van der Waals surface area contributed by atoms with Gasteiger partial charge in [-0.15, -0.1) is 0 Å². The molecule has 7 nitrogen and oxygen atoms in total. The number of nitrogens with zero attached hydrogens (tertiary/aromatic N) is 2. The molecule has 138 valence electrons. The van der Waals surface area contributed by atoms with Gasteiger partial charge >= 0.3 is 5.97 Å². The Morgan fingerprint density at radius 1 is 1.28 bits per heavy atom. The standard InChI is InChI=1S/C17H24N2O5S/c1-3-25(23,24)19-10-4-5-15(12-19)16(20)18(2)11-13-6-8-14(9-7-13)17(21)22/h6-9,15H,3-5,10-12H2,1-2H3,(H,21,22). The number of carboxylic acids is 1. The van der Waals surface area contributed by atoms with Crippen LogP contribution in [0.5, 0.6) is 0 Å². The average molecular weight is 368 g/mol. The first-order valence-corrected chi connectivity index (χ1v) is 9.90. The fourth-order valence-electron chi connectivity index (χ4n) is 3.00. The van der Waals surface area contributed by atoms with Gasteiger partial charge in [0, 0.05) is 26.7 Å². The molecule has 1 aromatic rings. The Kier molecular flexibility index (Phi) is 6.18. The molecule has 1 fully saturated rings. The number of carboxylic acid groups (broad SMARTS) is 1. The van der Waals surface area contributed by atoms with Crippen LogP contribution in [0.1, 0.15) is 35.7 Å². The highest BCUT2D eigenvalue weighted by molar-refractivity contribution is 7.89. The summed E-state index contributed by atoms with van der Waals surface area (Å²) in [7, 11) is -1.60. The van der Waals surface area contributed by atoms with Gasteiger partial charge in [-0.25, -0.2) is 17.5 Å². The molecule has 8 heteroatoms. The molecule has 0 saturated carbocycles. The van der Waals surface area contributed by atoms with E-state index in [9.17, 15) is 18.0 Å². The zero-order chi connectivity index (χ0) is 18.6. The van der Waals surface area contributed by atoms with E-state index in [0.29, 0.717) is 25.9 Å². The molecule has 2 rings (SSSR count). The van der Waals surface area contributed by atoms with Gasteiger partial charge in [-0.05, 0) is 37.5 Å². The number of rotatable bonds is 6. The van der Waals surface area contributed by atoms with Crippen molar-refractivity contribution in [3.63, 3.8) is 0 Å². The van der Waals surface area contributed by atoms with E-state index in [1.165, 1.54) is 16.4 Å². The second-order valence-corrected chi connectivity index (χ2v) is 8.55. The molecule has 1 aliphatic rings. The first-order valence-electron chi connectivity index (χ1n) is 8.29. The smallest absolute Gasteiger partial charge is 0.335 e. The molecule has 1 aromatic carbocycles. The van der Waals surface area contributed by atoms with Crippen LogP contribution in [0.2, 0.25) is 0 Å². The molecule has 0 bridgehead atoms. The highest BCUT2D eigenvalue weighted by Crippen LogP contribution is 2.22. The lowest BCUT2D eigenvalue weighted by Crippen LogP contribution is -2.46. The van der Waals surface area contributed by atoms with Crippen molar-refractivity contribution in [2.75, 3.05) is 25.9 Å². The Morgan fingerprint density at radius 2 is 1.92 bits per heavy atom. The molecule has 1 atom stereocenters. The van der Waals surface area contributed by atoms with Crippen molar-refractivity contribution in [2.45, 2.75) is 26.3 Å². The molecular weight excluding hydrogens is 344 g/mol. The maximum absolute atomic E-state index is 12.6. The summed E-state index contributed by atoms with van der Waals surface area (Å²) in [4.78, 5) is 25.1. The number of carbonyl (C=O) groups is 2. The number of piperidine rings is 1. The Balaban J connectivity index is 2.00. The highest BCUT2D eigenvalue weighted by atomic mass is 32.2. The van der Waals surface area contributed by atoms with Gasteiger partial charge in [-0.2, -0.15) is 0 Å². The van der Waals surface area contributed by atoms with E-state index in [2.05, 4.69) is 0 Å². The van der Waals surface area contributed by atoms with Gasteiger partial charge in [-0.1, -0.05) is 12.1 Å². The first-order chi connectivity index (χ1) is 11.7. The van der Waals surface area contributed by atoms with Crippen LogP contribution in [0.15, 0.2) is 24.3 Å². The number of hydrogen-bond donors (Lipinski definition) is 1. The molecule has 1 N–H and O–H groups in total. The average Bonchev–Trinajstić information content (AvgIpc) is 2.61. The monoisotopic (exact) mass is 368 g/mol. The van der Waals surface area contributed by atoms with Crippen LogP contribution < -0.4 is 0 Å². The second kappa shape index (κ2) is 7.97. The number of amides is 1. The Hall–Kier alpha value is -1.93. The Morgan fingerprint density at radius 3 is 2.48 bits per heavy atom. The van der Waals surface area contributed by atoms with Crippen molar-refractivity contribution in [3.05, 3.63) is 35.4 Å².